The van der Waals surface area contributed by atoms with Gasteiger partial charge in [-0.3, -0.25) is 4.79 Å². The van der Waals surface area contributed by atoms with Crippen LogP contribution in [0, 0.1) is 22.7 Å². The van der Waals surface area contributed by atoms with E-state index in [1.165, 1.54) is 7.11 Å². The fourth-order valence-electron chi connectivity index (χ4n) is 3.46. The van der Waals surface area contributed by atoms with Gasteiger partial charge in [0.25, 0.3) is 5.91 Å². The summed E-state index contributed by atoms with van der Waals surface area (Å²) in [5.41, 5.74) is 4.11. The molecule has 6 heteroatoms. The van der Waals surface area contributed by atoms with Crippen LogP contribution in [0.3, 0.4) is 0 Å². The third-order valence-corrected chi connectivity index (χ3v) is 4.85. The summed E-state index contributed by atoms with van der Waals surface area (Å²) in [5.74, 6) is -0.317. The minimum Gasteiger partial charge on any atom is -0.495 e. The number of carbonyl (C=O) groups excluding carboxylic acids is 1. The van der Waals surface area contributed by atoms with Crippen molar-refractivity contribution in [1.29, 1.82) is 10.5 Å². The van der Waals surface area contributed by atoms with Crippen LogP contribution >= 0.6 is 0 Å². The number of ether oxygens (including phenoxy) is 1. The minimum atomic E-state index is -0.538. The number of dihydropyridines is 1. The van der Waals surface area contributed by atoms with Gasteiger partial charge in [-0.2, -0.15) is 10.5 Å². The van der Waals surface area contributed by atoms with E-state index in [4.69, 9.17) is 10.00 Å². The molecule has 1 atom stereocenters. The molecule has 0 spiro atoms. The number of anilines is 1. The van der Waals surface area contributed by atoms with E-state index >= 15 is 0 Å². The lowest BCUT2D eigenvalue weighted by Crippen LogP contribution is -2.30. The van der Waals surface area contributed by atoms with Crippen molar-refractivity contribution in [2.45, 2.75) is 19.8 Å². The summed E-state index contributed by atoms with van der Waals surface area (Å²) < 4.78 is 5.32. The maximum atomic E-state index is 13.3. The van der Waals surface area contributed by atoms with Crippen LogP contribution in [0.1, 0.15) is 30.9 Å². The van der Waals surface area contributed by atoms with Crippen molar-refractivity contribution < 1.29 is 9.53 Å². The van der Waals surface area contributed by atoms with Crippen molar-refractivity contribution >= 4 is 11.6 Å². The minimum absolute atomic E-state index is 0.325. The molecular formula is C23H20N4O2. The number of nitrogens with one attached hydrogen (secondary N) is 2. The molecule has 0 bridgehead atoms. The van der Waals surface area contributed by atoms with Crippen LogP contribution < -0.4 is 15.4 Å². The lowest BCUT2D eigenvalue weighted by Gasteiger charge is -2.29. The normalized spacial score (nSPS) is 15.8. The molecule has 0 saturated heterocycles. The SMILES string of the molecule is COc1ccccc1NC(=O)C1=C(C)NC(C)=C(C#N)C1c1ccc(C#N)cc1. The van der Waals surface area contributed by atoms with E-state index in [0.29, 0.717) is 39.5 Å². The molecular weight excluding hydrogens is 364 g/mol. The van der Waals surface area contributed by atoms with E-state index in [9.17, 15) is 10.1 Å². The van der Waals surface area contributed by atoms with Gasteiger partial charge in [0.05, 0.1) is 42.0 Å². The molecule has 2 aromatic carbocycles. The van der Waals surface area contributed by atoms with Crippen LogP contribution in [0.4, 0.5) is 5.69 Å². The van der Waals surface area contributed by atoms with Crippen LogP contribution in [-0.4, -0.2) is 13.0 Å². The second-order valence-corrected chi connectivity index (χ2v) is 6.64. The Morgan fingerprint density at radius 1 is 1.03 bits per heavy atom. The molecule has 1 aliphatic rings. The average Bonchev–Trinajstić information content (AvgIpc) is 2.73. The summed E-state index contributed by atoms with van der Waals surface area (Å²) >= 11 is 0. The number of amides is 1. The predicted molar refractivity (Wildman–Crippen MR) is 110 cm³/mol. The Kier molecular flexibility index (Phi) is 5.66. The summed E-state index contributed by atoms with van der Waals surface area (Å²) in [7, 11) is 1.54. The van der Waals surface area contributed by atoms with E-state index in [2.05, 4.69) is 22.8 Å². The molecule has 0 radical (unpaired) electrons. The highest BCUT2D eigenvalue weighted by atomic mass is 16.5. The quantitative estimate of drug-likeness (QED) is 0.831. The van der Waals surface area contributed by atoms with Gasteiger partial charge in [0.15, 0.2) is 0 Å². The highest BCUT2D eigenvalue weighted by Gasteiger charge is 2.33. The lowest BCUT2D eigenvalue weighted by molar-refractivity contribution is -0.113. The van der Waals surface area contributed by atoms with Crippen LogP contribution in [0.15, 0.2) is 71.1 Å². The number of para-hydroxylation sites is 2. The van der Waals surface area contributed by atoms with Crippen molar-refractivity contribution in [3.05, 3.63) is 82.2 Å². The highest BCUT2D eigenvalue weighted by molar-refractivity contribution is 6.07. The van der Waals surface area contributed by atoms with Crippen molar-refractivity contribution in [1.82, 2.24) is 5.32 Å². The Bertz CT molecular complexity index is 1100. The topological polar surface area (TPSA) is 97.9 Å². The molecule has 0 aromatic heterocycles. The number of hydrogen-bond acceptors (Lipinski definition) is 5. The maximum absolute atomic E-state index is 13.3. The molecule has 6 nitrogen and oxygen atoms in total. The van der Waals surface area contributed by atoms with Gasteiger partial charge in [0, 0.05) is 17.0 Å². The van der Waals surface area contributed by atoms with Crippen molar-refractivity contribution in [2.75, 3.05) is 12.4 Å². The summed E-state index contributed by atoms with van der Waals surface area (Å²) in [6.45, 7) is 3.62. The molecule has 144 valence electrons. The Labute approximate surface area is 169 Å². The summed E-state index contributed by atoms with van der Waals surface area (Å²) in [5, 5.41) is 24.9. The third-order valence-electron chi connectivity index (χ3n) is 4.85. The van der Waals surface area contributed by atoms with Crippen molar-refractivity contribution in [3.63, 3.8) is 0 Å². The number of rotatable bonds is 4. The smallest absolute Gasteiger partial charge is 0.254 e. The van der Waals surface area contributed by atoms with Gasteiger partial charge < -0.3 is 15.4 Å². The fourth-order valence-corrected chi connectivity index (χ4v) is 3.46. The summed E-state index contributed by atoms with van der Waals surface area (Å²) in [6.07, 6.45) is 0. The first-order valence-corrected chi connectivity index (χ1v) is 9.03. The Hall–Kier alpha value is -4.03. The van der Waals surface area contributed by atoms with Crippen molar-refractivity contribution in [2.24, 2.45) is 0 Å². The number of nitrogens with zero attached hydrogens (tertiary/aromatic N) is 2. The molecule has 1 amide bonds. The fraction of sp³-hybridized carbons (Fsp3) is 0.174. The van der Waals surface area contributed by atoms with E-state index in [1.54, 1.807) is 42.5 Å². The zero-order valence-corrected chi connectivity index (χ0v) is 16.4. The molecule has 0 fully saturated rings. The molecule has 1 unspecified atom stereocenters. The first kappa shape index (κ1) is 19.7. The van der Waals surface area contributed by atoms with E-state index in [1.807, 2.05) is 19.9 Å². The molecule has 29 heavy (non-hydrogen) atoms. The van der Waals surface area contributed by atoms with Gasteiger partial charge in [0.1, 0.15) is 5.75 Å². The van der Waals surface area contributed by atoms with Crippen molar-refractivity contribution in [3.8, 4) is 17.9 Å². The third kappa shape index (κ3) is 3.83. The summed E-state index contributed by atoms with van der Waals surface area (Å²) in [4.78, 5) is 13.3. The monoisotopic (exact) mass is 384 g/mol. The Morgan fingerprint density at radius 3 is 2.34 bits per heavy atom. The number of allylic oxidation sites excluding steroid dienone is 3. The second-order valence-electron chi connectivity index (χ2n) is 6.64. The van der Waals surface area contributed by atoms with Gasteiger partial charge in [-0.15, -0.1) is 0 Å². The van der Waals surface area contributed by atoms with Gasteiger partial charge in [-0.1, -0.05) is 24.3 Å². The number of nitriles is 2. The molecule has 2 N–H and O–H groups in total. The standard InChI is InChI=1S/C23H20N4O2/c1-14-18(13-25)22(17-10-8-16(12-24)9-11-17)21(15(2)26-14)23(28)27-19-6-4-5-7-20(19)29-3/h4-11,22,26H,1-3H3,(H,27,28). The predicted octanol–water partition coefficient (Wildman–Crippen LogP) is 3.96. The Morgan fingerprint density at radius 2 is 1.72 bits per heavy atom. The number of carbonyl (C=O) groups is 1. The number of methoxy groups -OCH3 is 1. The van der Waals surface area contributed by atoms with Gasteiger partial charge in [-0.05, 0) is 43.7 Å². The lowest BCUT2D eigenvalue weighted by atomic mass is 9.80. The van der Waals surface area contributed by atoms with E-state index in [0.717, 1.165) is 5.56 Å². The Balaban J connectivity index is 2.06. The van der Waals surface area contributed by atoms with Gasteiger partial charge in [0.2, 0.25) is 0 Å². The molecule has 2 aromatic rings. The molecule has 1 heterocycles. The molecule has 3 rings (SSSR count). The highest BCUT2D eigenvalue weighted by Crippen LogP contribution is 2.38. The largest absolute Gasteiger partial charge is 0.495 e. The van der Waals surface area contributed by atoms with E-state index < -0.39 is 5.92 Å². The van der Waals surface area contributed by atoms with E-state index in [-0.39, 0.29) is 5.91 Å². The molecule has 0 saturated carbocycles. The first-order chi connectivity index (χ1) is 14.0. The summed E-state index contributed by atoms with van der Waals surface area (Å²) in [6, 6.07) is 18.4. The van der Waals surface area contributed by atoms with Crippen LogP contribution in [0.5, 0.6) is 5.75 Å². The number of benzene rings is 2. The van der Waals surface area contributed by atoms with Gasteiger partial charge in [-0.25, -0.2) is 0 Å². The zero-order chi connectivity index (χ0) is 21.0. The number of hydrogen-bond donors (Lipinski definition) is 2. The average molecular weight is 384 g/mol. The van der Waals surface area contributed by atoms with Crippen LogP contribution in [0.25, 0.3) is 0 Å². The molecule has 1 aliphatic heterocycles. The van der Waals surface area contributed by atoms with Gasteiger partial charge >= 0.3 is 0 Å². The van der Waals surface area contributed by atoms with Crippen LogP contribution in [0.2, 0.25) is 0 Å². The first-order valence-electron chi connectivity index (χ1n) is 9.03. The maximum Gasteiger partial charge on any atom is 0.254 e. The zero-order valence-electron chi connectivity index (χ0n) is 16.4. The molecule has 0 aliphatic carbocycles. The second kappa shape index (κ2) is 8.33. The van der Waals surface area contributed by atoms with Crippen LogP contribution in [-0.2, 0) is 4.79 Å².